The number of nitrogens with zero attached hydrogens (tertiary/aromatic N) is 1. The number of carbonyl (C=O) groups is 2. The van der Waals surface area contributed by atoms with E-state index in [2.05, 4.69) is 21.2 Å². The van der Waals surface area contributed by atoms with Crippen LogP contribution in [0.25, 0.3) is 0 Å². The highest BCUT2D eigenvalue weighted by molar-refractivity contribution is 9.10. The molecule has 0 spiro atoms. The molecule has 2 aromatic carbocycles. The van der Waals surface area contributed by atoms with Gasteiger partial charge in [0.15, 0.2) is 10.4 Å². The van der Waals surface area contributed by atoms with Crippen LogP contribution in [0.15, 0.2) is 69.8 Å². The maximum atomic E-state index is 12.2. The van der Waals surface area contributed by atoms with E-state index in [1.54, 1.807) is 24.3 Å². The van der Waals surface area contributed by atoms with Gasteiger partial charge in [0, 0.05) is 23.9 Å². The van der Waals surface area contributed by atoms with Crippen LogP contribution in [0.3, 0.4) is 0 Å². The number of nitro groups is 1. The number of non-ortho nitro benzene ring substituents is 1. The Morgan fingerprint density at radius 3 is 2.44 bits per heavy atom. The Morgan fingerprint density at radius 1 is 1.07 bits per heavy atom. The fourth-order valence-electron chi connectivity index (χ4n) is 2.15. The number of carbonyl (C=O) groups excluding carboxylic acids is 2. The number of nitro benzene ring substituents is 1. The van der Waals surface area contributed by atoms with E-state index in [0.29, 0.717) is 10.4 Å². The number of ether oxygens (including phenoxy) is 1. The van der Waals surface area contributed by atoms with E-state index < -0.39 is 16.8 Å². The van der Waals surface area contributed by atoms with Crippen molar-refractivity contribution in [3.8, 4) is 5.75 Å². The lowest BCUT2D eigenvalue weighted by atomic mass is 10.2. The number of benzene rings is 2. The van der Waals surface area contributed by atoms with Gasteiger partial charge in [-0.3, -0.25) is 14.9 Å². The molecule has 3 aromatic rings. The first-order valence-corrected chi connectivity index (χ1v) is 8.35. The van der Waals surface area contributed by atoms with E-state index in [1.165, 1.54) is 36.4 Å². The van der Waals surface area contributed by atoms with Gasteiger partial charge in [-0.25, -0.2) is 4.79 Å². The van der Waals surface area contributed by atoms with Gasteiger partial charge >= 0.3 is 5.97 Å². The average molecular weight is 431 g/mol. The van der Waals surface area contributed by atoms with Crippen LogP contribution in [0.4, 0.5) is 11.4 Å². The molecule has 0 aliphatic heterocycles. The van der Waals surface area contributed by atoms with Gasteiger partial charge < -0.3 is 14.5 Å². The Bertz CT molecular complexity index is 1010. The maximum absolute atomic E-state index is 12.2. The van der Waals surface area contributed by atoms with E-state index in [-0.39, 0.29) is 22.8 Å². The van der Waals surface area contributed by atoms with Crippen LogP contribution < -0.4 is 10.1 Å². The molecule has 136 valence electrons. The van der Waals surface area contributed by atoms with Gasteiger partial charge in [0.25, 0.3) is 11.6 Å². The lowest BCUT2D eigenvalue weighted by Gasteiger charge is -2.07. The number of nitrogens with one attached hydrogen (secondary N) is 1. The van der Waals surface area contributed by atoms with Crippen molar-refractivity contribution < 1.29 is 23.7 Å². The first kappa shape index (κ1) is 18.3. The minimum Gasteiger partial charge on any atom is -0.444 e. The highest BCUT2D eigenvalue weighted by Gasteiger charge is 2.14. The summed E-state index contributed by atoms with van der Waals surface area (Å²) < 4.78 is 10.8. The van der Waals surface area contributed by atoms with Gasteiger partial charge in [0.1, 0.15) is 5.75 Å². The number of hydrogen-bond donors (Lipinski definition) is 1. The van der Waals surface area contributed by atoms with Gasteiger partial charge in [-0.1, -0.05) is 6.07 Å². The Labute approximate surface area is 161 Å². The van der Waals surface area contributed by atoms with Crippen LogP contribution in [0.1, 0.15) is 20.9 Å². The van der Waals surface area contributed by atoms with Crippen molar-refractivity contribution in [3.05, 3.63) is 86.8 Å². The van der Waals surface area contributed by atoms with Crippen molar-refractivity contribution in [2.75, 3.05) is 5.32 Å². The minimum absolute atomic E-state index is 0.121. The van der Waals surface area contributed by atoms with Gasteiger partial charge in [-0.05, 0) is 52.3 Å². The second-order valence-corrected chi connectivity index (χ2v) is 6.06. The summed E-state index contributed by atoms with van der Waals surface area (Å²) in [5.41, 5.74) is 0.442. The number of amides is 1. The quantitative estimate of drug-likeness (QED) is 0.277. The van der Waals surface area contributed by atoms with E-state index in [1.807, 2.05) is 0 Å². The predicted molar refractivity (Wildman–Crippen MR) is 98.9 cm³/mol. The van der Waals surface area contributed by atoms with Crippen molar-refractivity contribution in [2.45, 2.75) is 0 Å². The summed E-state index contributed by atoms with van der Waals surface area (Å²) in [6.07, 6.45) is 0. The second kappa shape index (κ2) is 7.83. The summed E-state index contributed by atoms with van der Waals surface area (Å²) in [5.74, 6) is -0.810. The van der Waals surface area contributed by atoms with Crippen LogP contribution in [0.2, 0.25) is 0 Å². The molecule has 27 heavy (non-hydrogen) atoms. The van der Waals surface area contributed by atoms with Crippen LogP contribution in [-0.4, -0.2) is 16.8 Å². The third-order valence-corrected chi connectivity index (χ3v) is 3.84. The molecule has 1 N–H and O–H groups in total. The molecular weight excluding hydrogens is 420 g/mol. The zero-order valence-corrected chi connectivity index (χ0v) is 15.1. The molecular formula is C18H11BrN2O6. The van der Waals surface area contributed by atoms with Crippen molar-refractivity contribution >= 4 is 39.2 Å². The highest BCUT2D eigenvalue weighted by atomic mass is 79.9. The van der Waals surface area contributed by atoms with E-state index >= 15 is 0 Å². The monoisotopic (exact) mass is 430 g/mol. The maximum Gasteiger partial charge on any atom is 0.343 e. The van der Waals surface area contributed by atoms with Crippen LogP contribution in [0.5, 0.6) is 5.75 Å². The predicted octanol–water partition coefficient (Wildman–Crippen LogP) is 4.42. The lowest BCUT2D eigenvalue weighted by Crippen LogP contribution is -2.12. The molecule has 0 aliphatic carbocycles. The number of furan rings is 1. The average Bonchev–Trinajstić information content (AvgIpc) is 3.08. The van der Waals surface area contributed by atoms with Crippen molar-refractivity contribution in [1.82, 2.24) is 0 Å². The van der Waals surface area contributed by atoms with E-state index in [4.69, 9.17) is 9.15 Å². The molecule has 0 aliphatic rings. The fraction of sp³-hybridized carbons (Fsp3) is 0. The SMILES string of the molecule is O=C(Oc1cccc(NC(=O)c2ccc(Br)o2)c1)c1ccc([N+](=O)[O-])cc1. The second-order valence-electron chi connectivity index (χ2n) is 5.28. The Kier molecular flexibility index (Phi) is 5.32. The van der Waals surface area contributed by atoms with E-state index in [0.717, 1.165) is 0 Å². The normalized spacial score (nSPS) is 10.3. The first-order valence-electron chi connectivity index (χ1n) is 7.56. The number of halogens is 1. The summed E-state index contributed by atoms with van der Waals surface area (Å²) in [6.45, 7) is 0. The zero-order chi connectivity index (χ0) is 19.4. The van der Waals surface area contributed by atoms with Crippen LogP contribution in [-0.2, 0) is 0 Å². The topological polar surface area (TPSA) is 112 Å². The molecule has 1 heterocycles. The molecule has 0 atom stereocenters. The molecule has 0 fully saturated rings. The molecule has 0 radical (unpaired) electrons. The third kappa shape index (κ3) is 4.59. The molecule has 9 heteroatoms. The summed E-state index contributed by atoms with van der Waals surface area (Å²) in [6, 6.07) is 14.4. The van der Waals surface area contributed by atoms with E-state index in [9.17, 15) is 19.7 Å². The number of anilines is 1. The molecule has 1 amide bonds. The molecule has 0 saturated heterocycles. The molecule has 1 aromatic heterocycles. The molecule has 0 unspecified atom stereocenters. The number of hydrogen-bond acceptors (Lipinski definition) is 6. The van der Waals surface area contributed by atoms with Gasteiger partial charge in [0.2, 0.25) is 0 Å². The van der Waals surface area contributed by atoms with Crippen molar-refractivity contribution in [2.24, 2.45) is 0 Å². The van der Waals surface area contributed by atoms with Crippen LogP contribution >= 0.6 is 15.9 Å². The van der Waals surface area contributed by atoms with Gasteiger partial charge in [-0.15, -0.1) is 0 Å². The standard InChI is InChI=1S/C18H11BrN2O6/c19-16-9-8-15(27-16)17(22)20-12-2-1-3-14(10-12)26-18(23)11-4-6-13(7-5-11)21(24)25/h1-10H,(H,20,22). The van der Waals surface area contributed by atoms with Crippen molar-refractivity contribution in [3.63, 3.8) is 0 Å². The Morgan fingerprint density at radius 2 is 1.81 bits per heavy atom. The smallest absolute Gasteiger partial charge is 0.343 e. The Balaban J connectivity index is 1.68. The van der Waals surface area contributed by atoms with Gasteiger partial charge in [0.05, 0.1) is 10.5 Å². The highest BCUT2D eigenvalue weighted by Crippen LogP contribution is 2.21. The molecule has 8 nitrogen and oxygen atoms in total. The largest absolute Gasteiger partial charge is 0.444 e. The molecule has 0 bridgehead atoms. The van der Waals surface area contributed by atoms with Crippen molar-refractivity contribution in [1.29, 1.82) is 0 Å². The van der Waals surface area contributed by atoms with Gasteiger partial charge in [-0.2, -0.15) is 0 Å². The number of rotatable bonds is 5. The summed E-state index contributed by atoms with van der Waals surface area (Å²) in [4.78, 5) is 34.3. The first-order chi connectivity index (χ1) is 12.9. The summed E-state index contributed by atoms with van der Waals surface area (Å²) in [7, 11) is 0. The summed E-state index contributed by atoms with van der Waals surface area (Å²) >= 11 is 3.12. The summed E-state index contributed by atoms with van der Waals surface area (Å²) in [5, 5.41) is 13.3. The zero-order valence-electron chi connectivity index (χ0n) is 13.5. The lowest BCUT2D eigenvalue weighted by molar-refractivity contribution is -0.384. The Hall–Kier alpha value is -3.46. The van der Waals surface area contributed by atoms with Crippen LogP contribution in [0, 0.1) is 10.1 Å². The molecule has 0 saturated carbocycles. The number of esters is 1. The fourth-order valence-corrected chi connectivity index (χ4v) is 2.46. The minimum atomic E-state index is -0.677. The molecule has 3 rings (SSSR count). The third-order valence-electron chi connectivity index (χ3n) is 3.41.